The highest BCUT2D eigenvalue weighted by Gasteiger charge is 2.32. The molecule has 1 rings (SSSR count). The van der Waals surface area contributed by atoms with Crippen LogP contribution in [0.3, 0.4) is 0 Å². The Labute approximate surface area is 108 Å². The van der Waals surface area contributed by atoms with Gasteiger partial charge in [-0.2, -0.15) is 0 Å². The summed E-state index contributed by atoms with van der Waals surface area (Å²) >= 11 is 0. The molecule has 2 atom stereocenters. The first kappa shape index (κ1) is 15.0. The highest BCUT2D eigenvalue weighted by Crippen LogP contribution is 2.20. The lowest BCUT2D eigenvalue weighted by molar-refractivity contribution is -0.155. The standard InChI is InChI=1S/C13H23NO4/c1-10(9-17-2)8-12(15)14-7-5-4-6-11(14)13(16)18-3/h10-11H,4-9H2,1-3H3. The smallest absolute Gasteiger partial charge is 0.328 e. The molecule has 0 aliphatic carbocycles. The molecule has 1 heterocycles. The van der Waals surface area contributed by atoms with E-state index < -0.39 is 6.04 Å². The van der Waals surface area contributed by atoms with Gasteiger partial charge in [-0.3, -0.25) is 4.79 Å². The normalized spacial score (nSPS) is 21.5. The first-order chi connectivity index (χ1) is 8.60. The fourth-order valence-corrected chi connectivity index (χ4v) is 2.37. The Morgan fingerprint density at radius 1 is 1.33 bits per heavy atom. The highest BCUT2D eigenvalue weighted by atomic mass is 16.5. The van der Waals surface area contributed by atoms with Crippen LogP contribution in [0.15, 0.2) is 0 Å². The predicted octanol–water partition coefficient (Wildman–Crippen LogP) is 1.21. The number of carbonyl (C=O) groups excluding carboxylic acids is 2. The fraction of sp³-hybridized carbons (Fsp3) is 0.846. The van der Waals surface area contributed by atoms with Gasteiger partial charge in [-0.25, -0.2) is 4.79 Å². The Morgan fingerprint density at radius 2 is 2.06 bits per heavy atom. The van der Waals surface area contributed by atoms with E-state index in [4.69, 9.17) is 9.47 Å². The average Bonchev–Trinajstić information content (AvgIpc) is 2.38. The lowest BCUT2D eigenvalue weighted by Crippen LogP contribution is -2.48. The van der Waals surface area contributed by atoms with Crippen LogP contribution in [0.25, 0.3) is 0 Å². The third kappa shape index (κ3) is 3.98. The number of hydrogen-bond acceptors (Lipinski definition) is 4. The number of methoxy groups -OCH3 is 2. The molecule has 1 fully saturated rings. The summed E-state index contributed by atoms with van der Waals surface area (Å²) in [5, 5.41) is 0. The summed E-state index contributed by atoms with van der Waals surface area (Å²) in [5.74, 6) is -0.111. The summed E-state index contributed by atoms with van der Waals surface area (Å²) in [6.07, 6.45) is 3.05. The number of esters is 1. The van der Waals surface area contributed by atoms with Crippen molar-refractivity contribution in [2.45, 2.75) is 38.6 Å². The van der Waals surface area contributed by atoms with Crippen LogP contribution in [-0.2, 0) is 19.1 Å². The molecule has 0 saturated carbocycles. The van der Waals surface area contributed by atoms with Crippen LogP contribution < -0.4 is 0 Å². The van der Waals surface area contributed by atoms with Gasteiger partial charge in [-0.05, 0) is 25.2 Å². The lowest BCUT2D eigenvalue weighted by Gasteiger charge is -2.34. The van der Waals surface area contributed by atoms with E-state index in [0.717, 1.165) is 12.8 Å². The summed E-state index contributed by atoms with van der Waals surface area (Å²) in [6, 6.07) is -0.397. The van der Waals surface area contributed by atoms with Gasteiger partial charge in [-0.1, -0.05) is 6.92 Å². The Hall–Kier alpha value is -1.10. The number of ether oxygens (including phenoxy) is 2. The number of likely N-dealkylation sites (tertiary alicyclic amines) is 1. The predicted molar refractivity (Wildman–Crippen MR) is 67.0 cm³/mol. The molecule has 0 spiro atoms. The molecule has 1 aliphatic rings. The summed E-state index contributed by atoms with van der Waals surface area (Å²) in [4.78, 5) is 25.5. The molecule has 0 bridgehead atoms. The van der Waals surface area contributed by atoms with Crippen LogP contribution >= 0.6 is 0 Å². The number of carbonyl (C=O) groups is 2. The molecule has 1 saturated heterocycles. The molecule has 5 heteroatoms. The quantitative estimate of drug-likeness (QED) is 0.695. The van der Waals surface area contributed by atoms with Crippen molar-refractivity contribution < 1.29 is 19.1 Å². The maximum Gasteiger partial charge on any atom is 0.328 e. The van der Waals surface area contributed by atoms with Crippen LogP contribution in [0.2, 0.25) is 0 Å². The molecule has 0 aromatic heterocycles. The maximum absolute atomic E-state index is 12.2. The van der Waals surface area contributed by atoms with Gasteiger partial charge in [0.2, 0.25) is 5.91 Å². The topological polar surface area (TPSA) is 55.8 Å². The van der Waals surface area contributed by atoms with Crippen molar-refractivity contribution in [2.24, 2.45) is 5.92 Å². The Kier molecular flexibility index (Phi) is 6.12. The molecule has 1 amide bonds. The van der Waals surface area contributed by atoms with Gasteiger partial charge < -0.3 is 14.4 Å². The lowest BCUT2D eigenvalue weighted by atomic mass is 10.00. The van der Waals surface area contributed by atoms with Crippen molar-refractivity contribution in [3.63, 3.8) is 0 Å². The van der Waals surface area contributed by atoms with E-state index in [2.05, 4.69) is 0 Å². The van der Waals surface area contributed by atoms with Gasteiger partial charge in [0.15, 0.2) is 0 Å². The van der Waals surface area contributed by atoms with Gasteiger partial charge in [-0.15, -0.1) is 0 Å². The molecule has 0 N–H and O–H groups in total. The zero-order valence-electron chi connectivity index (χ0n) is 11.5. The van der Waals surface area contributed by atoms with E-state index in [0.29, 0.717) is 26.0 Å². The second-order valence-electron chi connectivity index (χ2n) is 4.89. The van der Waals surface area contributed by atoms with Gasteiger partial charge in [0, 0.05) is 26.7 Å². The van der Waals surface area contributed by atoms with Crippen molar-refractivity contribution in [3.05, 3.63) is 0 Å². The van der Waals surface area contributed by atoms with Crippen molar-refractivity contribution in [2.75, 3.05) is 27.4 Å². The Bertz CT molecular complexity index is 293. The first-order valence-corrected chi connectivity index (χ1v) is 6.46. The SMILES string of the molecule is COCC(C)CC(=O)N1CCCCC1C(=O)OC. The molecular weight excluding hydrogens is 234 g/mol. The first-order valence-electron chi connectivity index (χ1n) is 6.46. The monoisotopic (exact) mass is 257 g/mol. The third-order valence-electron chi connectivity index (χ3n) is 3.27. The molecule has 18 heavy (non-hydrogen) atoms. The van der Waals surface area contributed by atoms with Gasteiger partial charge >= 0.3 is 5.97 Å². The van der Waals surface area contributed by atoms with Crippen molar-refractivity contribution in [1.82, 2.24) is 4.90 Å². The highest BCUT2D eigenvalue weighted by molar-refractivity contribution is 5.84. The maximum atomic E-state index is 12.2. The van der Waals surface area contributed by atoms with Crippen LogP contribution in [0, 0.1) is 5.92 Å². The average molecular weight is 257 g/mol. The molecule has 1 aliphatic heterocycles. The Balaban J connectivity index is 2.59. The number of amides is 1. The molecule has 0 radical (unpaired) electrons. The van der Waals surface area contributed by atoms with E-state index in [-0.39, 0.29) is 17.8 Å². The number of hydrogen-bond donors (Lipinski definition) is 0. The van der Waals surface area contributed by atoms with Crippen molar-refractivity contribution in [1.29, 1.82) is 0 Å². The van der Waals surface area contributed by atoms with E-state index in [1.165, 1.54) is 7.11 Å². The minimum Gasteiger partial charge on any atom is -0.467 e. The van der Waals surface area contributed by atoms with Crippen LogP contribution in [0.1, 0.15) is 32.6 Å². The summed E-state index contributed by atoms with van der Waals surface area (Å²) < 4.78 is 9.79. The molecule has 104 valence electrons. The van der Waals surface area contributed by atoms with Gasteiger partial charge in [0.25, 0.3) is 0 Å². The molecule has 2 unspecified atom stereocenters. The number of nitrogens with zero attached hydrogens (tertiary/aromatic N) is 1. The number of piperidine rings is 1. The second kappa shape index (κ2) is 7.36. The minimum absolute atomic E-state index is 0.0228. The number of rotatable bonds is 5. The van der Waals surface area contributed by atoms with Crippen LogP contribution in [-0.4, -0.2) is 50.2 Å². The van der Waals surface area contributed by atoms with Crippen molar-refractivity contribution in [3.8, 4) is 0 Å². The van der Waals surface area contributed by atoms with Crippen LogP contribution in [0.5, 0.6) is 0 Å². The zero-order chi connectivity index (χ0) is 13.5. The van der Waals surface area contributed by atoms with E-state index in [1.807, 2.05) is 6.92 Å². The second-order valence-corrected chi connectivity index (χ2v) is 4.89. The molecule has 5 nitrogen and oxygen atoms in total. The fourth-order valence-electron chi connectivity index (χ4n) is 2.37. The van der Waals surface area contributed by atoms with Gasteiger partial charge in [0.1, 0.15) is 6.04 Å². The van der Waals surface area contributed by atoms with Crippen molar-refractivity contribution >= 4 is 11.9 Å². The zero-order valence-corrected chi connectivity index (χ0v) is 11.5. The van der Waals surface area contributed by atoms with E-state index >= 15 is 0 Å². The Morgan fingerprint density at radius 3 is 2.67 bits per heavy atom. The largest absolute Gasteiger partial charge is 0.467 e. The van der Waals surface area contributed by atoms with Crippen LogP contribution in [0.4, 0.5) is 0 Å². The minimum atomic E-state index is -0.397. The summed E-state index contributed by atoms with van der Waals surface area (Å²) in [6.45, 7) is 3.18. The van der Waals surface area contributed by atoms with E-state index in [9.17, 15) is 9.59 Å². The molecule has 0 aromatic carbocycles. The van der Waals surface area contributed by atoms with E-state index in [1.54, 1.807) is 12.0 Å². The third-order valence-corrected chi connectivity index (χ3v) is 3.27. The molecular formula is C13H23NO4. The summed E-state index contributed by atoms with van der Waals surface area (Å²) in [5.41, 5.74) is 0. The molecule has 0 aromatic rings. The summed E-state index contributed by atoms with van der Waals surface area (Å²) in [7, 11) is 2.99. The van der Waals surface area contributed by atoms with Gasteiger partial charge in [0.05, 0.1) is 7.11 Å².